The average Bonchev–Trinajstić information content (AvgIpc) is 2.57. The standard InChI is InChI=1S/C16H17N3O2/c20-16(19-15-5-2-6-21-10-15)13-4-1-3-12(7-13)14-8-17-11-18-9-14/h1,3-4,7-9,11,15H,2,5-6,10H2,(H,19,20)/t15-/m0/s1. The first-order valence-electron chi connectivity index (χ1n) is 7.07. The number of nitrogens with zero attached hydrogens (tertiary/aromatic N) is 2. The molecule has 0 unspecified atom stereocenters. The van der Waals surface area contributed by atoms with Crippen LogP contribution in [0.15, 0.2) is 43.0 Å². The molecule has 21 heavy (non-hydrogen) atoms. The Morgan fingerprint density at radius 1 is 1.24 bits per heavy atom. The molecular weight excluding hydrogens is 266 g/mol. The molecule has 2 aromatic rings. The second-order valence-electron chi connectivity index (χ2n) is 5.10. The highest BCUT2D eigenvalue weighted by Gasteiger charge is 2.17. The minimum absolute atomic E-state index is 0.0656. The molecule has 0 spiro atoms. The summed E-state index contributed by atoms with van der Waals surface area (Å²) in [4.78, 5) is 20.3. The van der Waals surface area contributed by atoms with Gasteiger partial charge in [-0.25, -0.2) is 9.97 Å². The molecular formula is C16H17N3O2. The predicted molar refractivity (Wildman–Crippen MR) is 78.8 cm³/mol. The van der Waals surface area contributed by atoms with Crippen molar-refractivity contribution in [2.24, 2.45) is 0 Å². The summed E-state index contributed by atoms with van der Waals surface area (Å²) in [5, 5.41) is 3.02. The van der Waals surface area contributed by atoms with Crippen LogP contribution in [0.4, 0.5) is 0 Å². The van der Waals surface area contributed by atoms with Crippen LogP contribution < -0.4 is 5.32 Å². The van der Waals surface area contributed by atoms with E-state index in [1.165, 1.54) is 6.33 Å². The highest BCUT2D eigenvalue weighted by Crippen LogP contribution is 2.18. The van der Waals surface area contributed by atoms with E-state index in [1.807, 2.05) is 24.3 Å². The van der Waals surface area contributed by atoms with Crippen LogP contribution in [0.1, 0.15) is 23.2 Å². The second-order valence-corrected chi connectivity index (χ2v) is 5.10. The Labute approximate surface area is 123 Å². The second kappa shape index (κ2) is 6.45. The topological polar surface area (TPSA) is 64.1 Å². The fourth-order valence-electron chi connectivity index (χ4n) is 2.41. The maximum absolute atomic E-state index is 12.3. The number of benzene rings is 1. The van der Waals surface area contributed by atoms with Crippen molar-refractivity contribution in [1.29, 1.82) is 0 Å². The number of hydrogen-bond acceptors (Lipinski definition) is 4. The summed E-state index contributed by atoms with van der Waals surface area (Å²) < 4.78 is 5.38. The summed E-state index contributed by atoms with van der Waals surface area (Å²) in [6.45, 7) is 1.38. The molecule has 2 heterocycles. The fraction of sp³-hybridized carbons (Fsp3) is 0.312. The summed E-state index contributed by atoms with van der Waals surface area (Å²) in [6, 6.07) is 7.59. The van der Waals surface area contributed by atoms with Gasteiger partial charge in [-0.3, -0.25) is 4.79 Å². The molecule has 1 aromatic carbocycles. The molecule has 1 atom stereocenters. The van der Waals surface area contributed by atoms with E-state index >= 15 is 0 Å². The van der Waals surface area contributed by atoms with E-state index in [0.717, 1.165) is 30.6 Å². The Morgan fingerprint density at radius 3 is 2.86 bits per heavy atom. The van der Waals surface area contributed by atoms with Crippen LogP contribution in [0.25, 0.3) is 11.1 Å². The van der Waals surface area contributed by atoms with Gasteiger partial charge in [0.05, 0.1) is 12.6 Å². The Kier molecular flexibility index (Phi) is 4.21. The van der Waals surface area contributed by atoms with Gasteiger partial charge in [-0.05, 0) is 30.5 Å². The molecule has 0 bridgehead atoms. The maximum Gasteiger partial charge on any atom is 0.251 e. The van der Waals surface area contributed by atoms with Gasteiger partial charge in [0, 0.05) is 30.1 Å². The van der Waals surface area contributed by atoms with Crippen molar-refractivity contribution >= 4 is 5.91 Å². The molecule has 1 saturated heterocycles. The Morgan fingerprint density at radius 2 is 2.10 bits per heavy atom. The summed E-state index contributed by atoms with van der Waals surface area (Å²) in [5.74, 6) is -0.0656. The molecule has 108 valence electrons. The van der Waals surface area contributed by atoms with Crippen LogP contribution in [0, 0.1) is 0 Å². The van der Waals surface area contributed by atoms with Crippen LogP contribution in [0.2, 0.25) is 0 Å². The zero-order chi connectivity index (χ0) is 14.5. The van der Waals surface area contributed by atoms with Gasteiger partial charge in [-0.1, -0.05) is 12.1 Å². The Hall–Kier alpha value is -2.27. The van der Waals surface area contributed by atoms with E-state index in [2.05, 4.69) is 15.3 Å². The first-order chi connectivity index (χ1) is 10.3. The molecule has 1 aliphatic rings. The Balaban J connectivity index is 1.74. The van der Waals surface area contributed by atoms with Crippen LogP contribution >= 0.6 is 0 Å². The van der Waals surface area contributed by atoms with Gasteiger partial charge in [0.15, 0.2) is 0 Å². The highest BCUT2D eigenvalue weighted by molar-refractivity contribution is 5.95. The molecule has 1 N–H and O–H groups in total. The predicted octanol–water partition coefficient (Wildman–Crippen LogP) is 2.05. The molecule has 0 saturated carbocycles. The lowest BCUT2D eigenvalue weighted by molar-refractivity contribution is 0.0624. The van der Waals surface area contributed by atoms with Crippen molar-refractivity contribution < 1.29 is 9.53 Å². The first kappa shape index (κ1) is 13.7. The molecule has 1 aromatic heterocycles. The number of amides is 1. The van der Waals surface area contributed by atoms with E-state index in [4.69, 9.17) is 4.74 Å². The summed E-state index contributed by atoms with van der Waals surface area (Å²) in [7, 11) is 0. The van der Waals surface area contributed by atoms with E-state index in [-0.39, 0.29) is 11.9 Å². The number of hydrogen-bond donors (Lipinski definition) is 1. The van der Waals surface area contributed by atoms with E-state index in [9.17, 15) is 4.79 Å². The lowest BCUT2D eigenvalue weighted by Gasteiger charge is -2.23. The first-order valence-corrected chi connectivity index (χ1v) is 7.07. The number of nitrogens with one attached hydrogen (secondary N) is 1. The van der Waals surface area contributed by atoms with Gasteiger partial charge in [-0.15, -0.1) is 0 Å². The zero-order valence-corrected chi connectivity index (χ0v) is 11.7. The largest absolute Gasteiger partial charge is 0.379 e. The van der Waals surface area contributed by atoms with Crippen molar-refractivity contribution in [3.05, 3.63) is 48.5 Å². The summed E-state index contributed by atoms with van der Waals surface area (Å²) in [6.07, 6.45) is 6.92. The molecule has 1 aliphatic heterocycles. The lowest BCUT2D eigenvalue weighted by atomic mass is 10.0. The van der Waals surface area contributed by atoms with E-state index < -0.39 is 0 Å². The molecule has 3 rings (SSSR count). The van der Waals surface area contributed by atoms with Crippen molar-refractivity contribution in [3.63, 3.8) is 0 Å². The van der Waals surface area contributed by atoms with E-state index in [1.54, 1.807) is 12.4 Å². The van der Waals surface area contributed by atoms with Crippen molar-refractivity contribution in [3.8, 4) is 11.1 Å². The SMILES string of the molecule is O=C(N[C@H]1CCCOC1)c1cccc(-c2cncnc2)c1. The number of rotatable bonds is 3. The fourth-order valence-corrected chi connectivity index (χ4v) is 2.41. The van der Waals surface area contributed by atoms with Gasteiger partial charge in [0.25, 0.3) is 5.91 Å². The van der Waals surface area contributed by atoms with Gasteiger partial charge in [0.1, 0.15) is 6.33 Å². The average molecular weight is 283 g/mol. The third-order valence-corrected chi connectivity index (χ3v) is 3.51. The molecule has 1 fully saturated rings. The van der Waals surface area contributed by atoms with Gasteiger partial charge >= 0.3 is 0 Å². The smallest absolute Gasteiger partial charge is 0.251 e. The van der Waals surface area contributed by atoms with Crippen LogP contribution in [0.3, 0.4) is 0 Å². The van der Waals surface area contributed by atoms with Crippen LogP contribution in [0.5, 0.6) is 0 Å². The highest BCUT2D eigenvalue weighted by atomic mass is 16.5. The van der Waals surface area contributed by atoms with E-state index in [0.29, 0.717) is 12.2 Å². The summed E-state index contributed by atoms with van der Waals surface area (Å²) >= 11 is 0. The van der Waals surface area contributed by atoms with Gasteiger partial charge in [-0.2, -0.15) is 0 Å². The number of aromatic nitrogens is 2. The molecule has 0 aliphatic carbocycles. The van der Waals surface area contributed by atoms with Gasteiger partial charge in [0.2, 0.25) is 0 Å². The number of carbonyl (C=O) groups excluding carboxylic acids is 1. The quantitative estimate of drug-likeness (QED) is 0.936. The number of carbonyl (C=O) groups is 1. The molecule has 5 heteroatoms. The van der Waals surface area contributed by atoms with Gasteiger partial charge < -0.3 is 10.1 Å². The number of ether oxygens (including phenoxy) is 1. The lowest BCUT2D eigenvalue weighted by Crippen LogP contribution is -2.40. The molecule has 0 radical (unpaired) electrons. The normalized spacial score (nSPS) is 18.2. The van der Waals surface area contributed by atoms with Crippen LogP contribution in [-0.2, 0) is 4.74 Å². The minimum Gasteiger partial charge on any atom is -0.379 e. The zero-order valence-electron chi connectivity index (χ0n) is 11.7. The summed E-state index contributed by atoms with van der Waals surface area (Å²) in [5.41, 5.74) is 2.47. The minimum atomic E-state index is -0.0656. The third kappa shape index (κ3) is 3.44. The Bertz CT molecular complexity index is 610. The van der Waals surface area contributed by atoms with Crippen molar-refractivity contribution in [1.82, 2.24) is 15.3 Å². The van der Waals surface area contributed by atoms with Crippen molar-refractivity contribution in [2.75, 3.05) is 13.2 Å². The molecule has 5 nitrogen and oxygen atoms in total. The van der Waals surface area contributed by atoms with Crippen molar-refractivity contribution in [2.45, 2.75) is 18.9 Å². The third-order valence-electron chi connectivity index (χ3n) is 3.51. The maximum atomic E-state index is 12.3. The van der Waals surface area contributed by atoms with Crippen LogP contribution in [-0.4, -0.2) is 35.1 Å². The monoisotopic (exact) mass is 283 g/mol. The molecule has 1 amide bonds.